The van der Waals surface area contributed by atoms with Gasteiger partial charge in [-0.05, 0) is 25.7 Å². The molecule has 2 saturated carbocycles. The molecule has 3 nitrogen and oxygen atoms in total. The van der Waals surface area contributed by atoms with Gasteiger partial charge in [-0.1, -0.05) is 44.9 Å². The Morgan fingerprint density at radius 1 is 0.824 bits per heavy atom. The van der Waals surface area contributed by atoms with E-state index < -0.39 is 0 Å². The van der Waals surface area contributed by atoms with Crippen LogP contribution >= 0.6 is 0 Å². The highest BCUT2D eigenvalue weighted by Crippen LogP contribution is 2.23. The zero-order valence-electron chi connectivity index (χ0n) is 10.7. The van der Waals surface area contributed by atoms with Gasteiger partial charge in [0.05, 0.1) is 6.10 Å². The van der Waals surface area contributed by atoms with E-state index in [9.17, 15) is 4.79 Å². The summed E-state index contributed by atoms with van der Waals surface area (Å²) >= 11 is 0. The van der Waals surface area contributed by atoms with Crippen molar-refractivity contribution in [1.29, 1.82) is 0 Å². The van der Waals surface area contributed by atoms with Crippen LogP contribution < -0.4 is 5.48 Å². The molecule has 17 heavy (non-hydrogen) atoms. The fraction of sp³-hybridized carbons (Fsp3) is 0.929. The van der Waals surface area contributed by atoms with Crippen LogP contribution in [0.5, 0.6) is 0 Å². The SMILES string of the molecule is O=C(NOC1CCCC1)C1CCCCCCC1. The van der Waals surface area contributed by atoms with E-state index in [0.29, 0.717) is 0 Å². The minimum Gasteiger partial charge on any atom is -0.273 e. The lowest BCUT2D eigenvalue weighted by molar-refractivity contribution is -0.143. The Labute approximate surface area is 104 Å². The second-order valence-electron chi connectivity index (χ2n) is 5.53. The third kappa shape index (κ3) is 4.30. The van der Waals surface area contributed by atoms with Crippen molar-refractivity contribution in [2.24, 2.45) is 5.92 Å². The third-order valence-electron chi connectivity index (χ3n) is 4.10. The van der Waals surface area contributed by atoms with Gasteiger partial charge in [-0.2, -0.15) is 0 Å². The Bertz CT molecular complexity index is 228. The van der Waals surface area contributed by atoms with Crippen LogP contribution in [0.2, 0.25) is 0 Å². The highest BCUT2D eigenvalue weighted by atomic mass is 16.7. The Morgan fingerprint density at radius 3 is 2.00 bits per heavy atom. The first-order valence-corrected chi connectivity index (χ1v) is 7.32. The van der Waals surface area contributed by atoms with Crippen LogP contribution in [-0.2, 0) is 9.63 Å². The largest absolute Gasteiger partial charge is 0.273 e. The Kier molecular flexibility index (Phi) is 5.30. The van der Waals surface area contributed by atoms with E-state index in [4.69, 9.17) is 4.84 Å². The van der Waals surface area contributed by atoms with E-state index in [0.717, 1.165) is 25.7 Å². The van der Waals surface area contributed by atoms with Crippen LogP contribution in [0.1, 0.15) is 70.6 Å². The van der Waals surface area contributed by atoms with Gasteiger partial charge in [0.25, 0.3) is 0 Å². The van der Waals surface area contributed by atoms with Crippen LogP contribution in [0.3, 0.4) is 0 Å². The van der Waals surface area contributed by atoms with Gasteiger partial charge in [0, 0.05) is 5.92 Å². The van der Waals surface area contributed by atoms with Crippen molar-refractivity contribution < 1.29 is 9.63 Å². The van der Waals surface area contributed by atoms with Crippen molar-refractivity contribution in [3.05, 3.63) is 0 Å². The zero-order valence-corrected chi connectivity index (χ0v) is 10.7. The summed E-state index contributed by atoms with van der Waals surface area (Å²) in [4.78, 5) is 17.5. The maximum absolute atomic E-state index is 12.0. The quantitative estimate of drug-likeness (QED) is 0.767. The van der Waals surface area contributed by atoms with Gasteiger partial charge in [-0.15, -0.1) is 0 Å². The topological polar surface area (TPSA) is 38.3 Å². The molecule has 2 fully saturated rings. The monoisotopic (exact) mass is 239 g/mol. The summed E-state index contributed by atoms with van der Waals surface area (Å²) < 4.78 is 0. The van der Waals surface area contributed by atoms with Gasteiger partial charge in [0.1, 0.15) is 0 Å². The molecule has 0 radical (unpaired) electrons. The lowest BCUT2D eigenvalue weighted by Crippen LogP contribution is -2.34. The summed E-state index contributed by atoms with van der Waals surface area (Å²) in [6, 6.07) is 0. The molecule has 0 saturated heterocycles. The number of hydrogen-bond acceptors (Lipinski definition) is 2. The first-order valence-electron chi connectivity index (χ1n) is 7.32. The average molecular weight is 239 g/mol. The van der Waals surface area contributed by atoms with Crippen LogP contribution in [-0.4, -0.2) is 12.0 Å². The maximum atomic E-state index is 12.0. The Balaban J connectivity index is 1.69. The minimum atomic E-state index is 0.124. The van der Waals surface area contributed by atoms with Crippen molar-refractivity contribution in [1.82, 2.24) is 5.48 Å². The molecule has 1 N–H and O–H groups in total. The van der Waals surface area contributed by atoms with Crippen LogP contribution in [0, 0.1) is 5.92 Å². The van der Waals surface area contributed by atoms with Crippen molar-refractivity contribution >= 4 is 5.91 Å². The Hall–Kier alpha value is -0.570. The average Bonchev–Trinajstić information content (AvgIpc) is 2.78. The van der Waals surface area contributed by atoms with Crippen LogP contribution in [0.15, 0.2) is 0 Å². The predicted octanol–water partition coefficient (Wildman–Crippen LogP) is 3.34. The van der Waals surface area contributed by atoms with Gasteiger partial charge < -0.3 is 0 Å². The highest BCUT2D eigenvalue weighted by Gasteiger charge is 2.22. The fourth-order valence-electron chi connectivity index (χ4n) is 2.95. The Morgan fingerprint density at radius 2 is 1.35 bits per heavy atom. The van der Waals surface area contributed by atoms with Gasteiger partial charge >= 0.3 is 0 Å². The van der Waals surface area contributed by atoms with E-state index in [1.54, 1.807) is 0 Å². The number of carbonyl (C=O) groups excluding carboxylic acids is 1. The van der Waals surface area contributed by atoms with Crippen molar-refractivity contribution in [2.75, 3.05) is 0 Å². The summed E-state index contributed by atoms with van der Waals surface area (Å²) in [5, 5.41) is 0. The normalized spacial score (nSPS) is 24.2. The summed E-state index contributed by atoms with van der Waals surface area (Å²) in [6.07, 6.45) is 13.3. The van der Waals surface area contributed by atoms with Crippen molar-refractivity contribution in [3.8, 4) is 0 Å². The molecule has 2 aliphatic carbocycles. The third-order valence-corrected chi connectivity index (χ3v) is 4.10. The van der Waals surface area contributed by atoms with Gasteiger partial charge in [-0.3, -0.25) is 9.63 Å². The molecule has 0 bridgehead atoms. The summed E-state index contributed by atoms with van der Waals surface area (Å²) in [5.41, 5.74) is 2.70. The van der Waals surface area contributed by atoms with Gasteiger partial charge in [0.2, 0.25) is 5.91 Å². The lowest BCUT2D eigenvalue weighted by atomic mass is 9.91. The summed E-state index contributed by atoms with van der Waals surface area (Å²) in [5.74, 6) is 0.315. The van der Waals surface area contributed by atoms with E-state index >= 15 is 0 Å². The van der Waals surface area contributed by atoms with Crippen molar-refractivity contribution in [2.45, 2.75) is 76.7 Å². The zero-order chi connectivity index (χ0) is 11.9. The van der Waals surface area contributed by atoms with E-state index in [1.807, 2.05) is 0 Å². The van der Waals surface area contributed by atoms with Gasteiger partial charge in [0.15, 0.2) is 0 Å². The molecular weight excluding hydrogens is 214 g/mol. The maximum Gasteiger partial charge on any atom is 0.246 e. The molecule has 0 spiro atoms. The number of rotatable bonds is 3. The number of carbonyl (C=O) groups is 1. The van der Waals surface area contributed by atoms with Crippen LogP contribution in [0.4, 0.5) is 0 Å². The molecule has 0 unspecified atom stereocenters. The summed E-state index contributed by atoms with van der Waals surface area (Å²) in [6.45, 7) is 0. The molecule has 0 aromatic rings. The van der Waals surface area contributed by atoms with E-state index in [-0.39, 0.29) is 17.9 Å². The molecule has 2 rings (SSSR count). The standard InChI is InChI=1S/C14H25NO2/c16-14(15-17-13-10-6-7-11-13)12-8-4-2-1-3-5-9-12/h12-13H,1-11H2,(H,15,16). The molecule has 0 atom stereocenters. The molecular formula is C14H25NO2. The van der Waals surface area contributed by atoms with Crippen LogP contribution in [0.25, 0.3) is 0 Å². The molecule has 98 valence electrons. The predicted molar refractivity (Wildman–Crippen MR) is 67.3 cm³/mol. The molecule has 0 aromatic carbocycles. The first-order chi connectivity index (χ1) is 8.36. The number of nitrogens with one attached hydrogen (secondary N) is 1. The van der Waals surface area contributed by atoms with E-state index in [2.05, 4.69) is 5.48 Å². The molecule has 0 aromatic heterocycles. The molecule has 2 aliphatic rings. The number of hydrogen-bond donors (Lipinski definition) is 1. The molecule has 0 aliphatic heterocycles. The van der Waals surface area contributed by atoms with E-state index in [1.165, 1.54) is 44.9 Å². The molecule has 0 heterocycles. The summed E-state index contributed by atoms with van der Waals surface area (Å²) in [7, 11) is 0. The fourth-order valence-corrected chi connectivity index (χ4v) is 2.95. The molecule has 1 amide bonds. The highest BCUT2D eigenvalue weighted by molar-refractivity contribution is 5.77. The smallest absolute Gasteiger partial charge is 0.246 e. The number of amides is 1. The molecule has 3 heteroatoms. The second kappa shape index (κ2) is 7.00. The minimum absolute atomic E-state index is 0.124. The lowest BCUT2D eigenvalue weighted by Gasteiger charge is -2.20. The first kappa shape index (κ1) is 12.9. The van der Waals surface area contributed by atoms with Crippen molar-refractivity contribution in [3.63, 3.8) is 0 Å². The second-order valence-corrected chi connectivity index (χ2v) is 5.53. The number of hydroxylamine groups is 1. The van der Waals surface area contributed by atoms with Gasteiger partial charge in [-0.25, -0.2) is 5.48 Å².